The maximum atomic E-state index is 13.2. The van der Waals surface area contributed by atoms with E-state index in [0.29, 0.717) is 0 Å². The summed E-state index contributed by atoms with van der Waals surface area (Å²) in [4.78, 5) is 39.0. The van der Waals surface area contributed by atoms with E-state index in [1.54, 1.807) is 6.92 Å². The van der Waals surface area contributed by atoms with Crippen LogP contribution in [0.2, 0.25) is 0 Å². The molecule has 0 aliphatic carbocycles. The van der Waals surface area contributed by atoms with Crippen LogP contribution in [-0.2, 0) is 23.7 Å². The van der Waals surface area contributed by atoms with E-state index in [1.807, 2.05) is 112 Å². The number of carbonyl (C=O) groups excluding carboxylic acids is 3. The first kappa shape index (κ1) is 34.3. The van der Waals surface area contributed by atoms with Gasteiger partial charge in [0, 0.05) is 13.0 Å². The number of ether oxygens (including phenoxy) is 5. The van der Waals surface area contributed by atoms with Gasteiger partial charge < -0.3 is 39.6 Å². The molecule has 3 amide bonds. The topological polar surface area (TPSA) is 133 Å². The first-order valence-electron chi connectivity index (χ1n) is 15.4. The predicted molar refractivity (Wildman–Crippen MR) is 171 cm³/mol. The second kappa shape index (κ2) is 16.6. The molecule has 46 heavy (non-hydrogen) atoms. The summed E-state index contributed by atoms with van der Waals surface area (Å²) in [6, 6.07) is 27.3. The van der Waals surface area contributed by atoms with E-state index in [-0.39, 0.29) is 24.7 Å². The number of amides is 3. The van der Waals surface area contributed by atoms with Crippen LogP contribution in [0.5, 0.6) is 0 Å². The number of nitrogens with one attached hydrogen (secondary N) is 3. The zero-order valence-electron chi connectivity index (χ0n) is 26.8. The summed E-state index contributed by atoms with van der Waals surface area (Å²) < 4.78 is 28.9. The van der Waals surface area contributed by atoms with Crippen molar-refractivity contribution in [2.75, 3.05) is 13.7 Å². The number of alkyl carbamates (subject to hydrolysis) is 3. The Morgan fingerprint density at radius 3 is 1.46 bits per heavy atom. The molecule has 2 unspecified atom stereocenters. The second-order valence-electron chi connectivity index (χ2n) is 11.3. The van der Waals surface area contributed by atoms with E-state index in [1.165, 1.54) is 7.11 Å². The van der Waals surface area contributed by atoms with E-state index in [0.717, 1.165) is 16.7 Å². The fourth-order valence-electron chi connectivity index (χ4n) is 5.24. The highest BCUT2D eigenvalue weighted by Crippen LogP contribution is 2.32. The monoisotopic (exact) mass is 633 g/mol. The molecule has 3 N–H and O–H groups in total. The predicted octanol–water partition coefficient (Wildman–Crippen LogP) is 6.19. The van der Waals surface area contributed by atoms with Gasteiger partial charge in [0.05, 0.1) is 18.1 Å². The zero-order valence-corrected chi connectivity index (χ0v) is 26.8. The van der Waals surface area contributed by atoms with Gasteiger partial charge >= 0.3 is 18.3 Å². The highest BCUT2D eigenvalue weighted by Gasteiger charge is 2.49. The summed E-state index contributed by atoms with van der Waals surface area (Å²) in [7, 11) is 1.39. The molecule has 0 saturated carbocycles. The maximum absolute atomic E-state index is 13.2. The number of benzene rings is 3. The maximum Gasteiger partial charge on any atom is 0.408 e. The summed E-state index contributed by atoms with van der Waals surface area (Å²) in [5.41, 5.74) is 2.69. The summed E-state index contributed by atoms with van der Waals surface area (Å²) in [5.74, 6) is -0.576. The molecule has 0 radical (unpaired) electrons. The smallest absolute Gasteiger partial charge is 0.408 e. The number of hydrogen-bond donors (Lipinski definition) is 3. The third kappa shape index (κ3) is 9.45. The van der Waals surface area contributed by atoms with Crippen molar-refractivity contribution in [3.8, 4) is 0 Å². The van der Waals surface area contributed by atoms with Crippen molar-refractivity contribution in [2.24, 2.45) is 5.92 Å². The van der Waals surface area contributed by atoms with Crippen LogP contribution in [-0.4, -0.2) is 56.6 Å². The van der Waals surface area contributed by atoms with Crippen molar-refractivity contribution in [1.82, 2.24) is 16.0 Å². The van der Waals surface area contributed by atoms with E-state index in [9.17, 15) is 14.4 Å². The van der Waals surface area contributed by atoms with Gasteiger partial charge in [0.25, 0.3) is 0 Å². The number of methoxy groups -OCH3 is 1. The molecule has 0 aromatic heterocycles. The van der Waals surface area contributed by atoms with Crippen molar-refractivity contribution in [3.63, 3.8) is 0 Å². The van der Waals surface area contributed by atoms with Gasteiger partial charge in [-0.25, -0.2) is 14.4 Å². The summed E-state index contributed by atoms with van der Waals surface area (Å²) in [6.45, 7) is 7.11. The molecule has 1 aliphatic rings. The van der Waals surface area contributed by atoms with Crippen molar-refractivity contribution < 1.29 is 38.1 Å². The Morgan fingerprint density at radius 1 is 0.652 bits per heavy atom. The summed E-state index contributed by atoms with van der Waals surface area (Å²) >= 11 is 0. The van der Waals surface area contributed by atoms with Gasteiger partial charge in [-0.3, -0.25) is 0 Å². The van der Waals surface area contributed by atoms with Crippen LogP contribution in [0.15, 0.2) is 91.0 Å². The Labute approximate surface area is 269 Å². The zero-order chi connectivity index (χ0) is 33.1. The number of carbonyl (C=O) groups is 3. The molecular formula is C35H43N3O8. The van der Waals surface area contributed by atoms with Gasteiger partial charge in [-0.05, 0) is 37.5 Å². The van der Waals surface area contributed by atoms with Crippen LogP contribution in [0.3, 0.4) is 0 Å². The first-order valence-corrected chi connectivity index (χ1v) is 15.4. The minimum absolute atomic E-state index is 0.166. The Kier molecular flexibility index (Phi) is 12.4. The molecule has 11 nitrogen and oxygen atoms in total. The molecule has 11 heteroatoms. The highest BCUT2D eigenvalue weighted by molar-refractivity contribution is 5.69. The molecule has 1 aliphatic heterocycles. The van der Waals surface area contributed by atoms with E-state index < -0.39 is 48.8 Å². The first-order chi connectivity index (χ1) is 22.2. The van der Waals surface area contributed by atoms with Crippen LogP contribution < -0.4 is 16.0 Å². The quantitative estimate of drug-likeness (QED) is 0.213. The van der Waals surface area contributed by atoms with Crippen molar-refractivity contribution in [1.29, 1.82) is 0 Å². The third-order valence-corrected chi connectivity index (χ3v) is 8.00. The summed E-state index contributed by atoms with van der Waals surface area (Å²) in [5, 5.41) is 8.44. The lowest BCUT2D eigenvalue weighted by Crippen LogP contribution is -2.59. The van der Waals surface area contributed by atoms with Gasteiger partial charge in [0.2, 0.25) is 0 Å². The minimum Gasteiger partial charge on any atom is -0.447 e. The van der Waals surface area contributed by atoms with Gasteiger partial charge in [-0.2, -0.15) is 0 Å². The van der Waals surface area contributed by atoms with E-state index in [2.05, 4.69) is 16.0 Å². The molecule has 0 bridgehead atoms. The molecule has 246 valence electrons. The molecule has 1 fully saturated rings. The molecular weight excluding hydrogens is 590 g/mol. The highest BCUT2D eigenvalue weighted by atomic mass is 16.7. The van der Waals surface area contributed by atoms with Crippen LogP contribution >= 0.6 is 0 Å². The fourth-order valence-corrected chi connectivity index (χ4v) is 5.24. The molecule has 8 atom stereocenters. The number of rotatable bonds is 11. The second-order valence-corrected chi connectivity index (χ2v) is 11.3. The SMILES string of the molecule is CO[C@@H]1OC(COC(=O)N[C@@H](C)c2ccccc2)[C@@H](C)C(OC(=O)N[C@H](C)c2ccccc2)[C@@H]1OC(=O)N[C@H](C)c1ccccc1. The average molecular weight is 634 g/mol. The van der Waals surface area contributed by atoms with E-state index in [4.69, 9.17) is 23.7 Å². The Balaban J connectivity index is 1.46. The lowest BCUT2D eigenvalue weighted by atomic mass is 9.90. The van der Waals surface area contributed by atoms with Gasteiger partial charge in [0.15, 0.2) is 18.5 Å². The minimum atomic E-state index is -1.14. The lowest BCUT2D eigenvalue weighted by Gasteiger charge is -2.43. The molecule has 0 spiro atoms. The molecule has 1 saturated heterocycles. The molecule has 4 rings (SSSR count). The molecule has 3 aromatic rings. The Morgan fingerprint density at radius 2 is 1.04 bits per heavy atom. The van der Waals surface area contributed by atoms with Crippen LogP contribution in [0.1, 0.15) is 62.5 Å². The van der Waals surface area contributed by atoms with Gasteiger partial charge in [0.1, 0.15) is 12.7 Å². The van der Waals surface area contributed by atoms with Crippen LogP contribution in [0, 0.1) is 5.92 Å². The van der Waals surface area contributed by atoms with Crippen LogP contribution in [0.25, 0.3) is 0 Å². The Hall–Kier alpha value is -4.61. The molecule has 1 heterocycles. The number of hydrogen-bond acceptors (Lipinski definition) is 8. The normalized spacial score (nSPS) is 22.8. The van der Waals surface area contributed by atoms with Crippen molar-refractivity contribution >= 4 is 18.3 Å². The Bertz CT molecular complexity index is 1390. The standard InChI is InChI=1S/C35H43N3O8/c1-22-29(21-43-33(39)36-23(2)26-15-9-6-10-16-26)44-32(42-5)31(46-35(41)38-25(4)28-19-13-8-14-20-28)30(22)45-34(40)37-24(3)27-17-11-7-12-18-27/h6-20,22-25,29-32H,21H2,1-5H3,(H,36,39)(H,37,40)(H,38,41)/t22-,23+,24-,25-,29?,30?,31+,32-/m1/s1. The van der Waals surface area contributed by atoms with E-state index >= 15 is 0 Å². The molecule has 3 aromatic carbocycles. The summed E-state index contributed by atoms with van der Waals surface area (Å²) in [6.07, 6.45) is -6.12. The largest absolute Gasteiger partial charge is 0.447 e. The van der Waals surface area contributed by atoms with Crippen molar-refractivity contribution in [2.45, 2.75) is 70.4 Å². The van der Waals surface area contributed by atoms with Crippen molar-refractivity contribution in [3.05, 3.63) is 108 Å². The average Bonchev–Trinajstić information content (AvgIpc) is 3.07. The fraction of sp³-hybridized carbons (Fsp3) is 0.400. The van der Waals surface area contributed by atoms with Gasteiger partial charge in [-0.15, -0.1) is 0 Å². The van der Waals surface area contributed by atoms with Crippen LogP contribution in [0.4, 0.5) is 14.4 Å². The third-order valence-electron chi connectivity index (χ3n) is 8.00. The lowest BCUT2D eigenvalue weighted by molar-refractivity contribution is -0.278. The van der Waals surface area contributed by atoms with Gasteiger partial charge in [-0.1, -0.05) is 97.9 Å².